The molecule has 4 rings (SSSR count). The molecule has 2 aromatic rings. The highest BCUT2D eigenvalue weighted by Crippen LogP contribution is 2.43. The molecule has 8 heteroatoms. The smallest absolute Gasteiger partial charge is 0.336 e. The minimum absolute atomic E-state index is 0. The van der Waals surface area contributed by atoms with Crippen molar-refractivity contribution in [1.82, 2.24) is 0 Å². The largest absolute Gasteiger partial charge is 1.00 e. The second-order valence-corrected chi connectivity index (χ2v) is 8.23. The minimum Gasteiger partial charge on any atom is -1.00 e. The Kier molecular flexibility index (Phi) is 7.51. The van der Waals surface area contributed by atoms with Crippen LogP contribution in [0.3, 0.4) is 0 Å². The van der Waals surface area contributed by atoms with E-state index in [1.165, 1.54) is 18.2 Å². The van der Waals surface area contributed by atoms with Crippen LogP contribution in [-0.4, -0.2) is 35.2 Å². The van der Waals surface area contributed by atoms with Crippen LogP contribution in [0.4, 0.5) is 5.69 Å². The Morgan fingerprint density at radius 3 is 2.31 bits per heavy atom. The lowest BCUT2D eigenvalue weighted by atomic mass is 9.88. The average molecular weight is 495 g/mol. The minimum atomic E-state index is -1.13. The molecule has 0 spiro atoms. The van der Waals surface area contributed by atoms with E-state index >= 15 is 0 Å². The Bertz CT molecular complexity index is 1490. The molecule has 0 unspecified atom stereocenters. The molecular weight excluding hydrogens is 468 g/mol. The lowest BCUT2D eigenvalue weighted by Gasteiger charge is -2.19. The molecule has 182 valence electrons. The molecular formula is C27H27ClN2O5. The standard InChI is InChI=1S/C27H26N2O5.ClH/c1-5-28-21-12-23-19(9-14(21)3)25(18-11-16(26(30)31)7-8-17(18)27(32)33)20-10-15(4)22(29-6-2)13-24(20)34-23;/h7-13,28H,5-6H2,1-4H3,(H,30,31)(H,32,33);1H. The van der Waals surface area contributed by atoms with E-state index in [2.05, 4.69) is 10.3 Å². The number of hydrogen-bond acceptors (Lipinski definition) is 4. The maximum atomic E-state index is 12.2. The number of halogens is 1. The highest BCUT2D eigenvalue weighted by atomic mass is 35.5. The summed E-state index contributed by atoms with van der Waals surface area (Å²) in [6, 6.07) is 11.8. The summed E-state index contributed by atoms with van der Waals surface area (Å²) in [7, 11) is 0. The fraction of sp³-hybridized carbons (Fsp3) is 0.222. The van der Waals surface area contributed by atoms with Gasteiger partial charge in [-0.3, -0.25) is 0 Å². The van der Waals surface area contributed by atoms with Gasteiger partial charge in [0.2, 0.25) is 5.36 Å². The van der Waals surface area contributed by atoms with Gasteiger partial charge in [0.1, 0.15) is 17.9 Å². The van der Waals surface area contributed by atoms with Gasteiger partial charge < -0.3 is 32.4 Å². The first-order valence-electron chi connectivity index (χ1n) is 11.2. The molecule has 4 N–H and O–H groups in total. The van der Waals surface area contributed by atoms with Gasteiger partial charge >= 0.3 is 11.9 Å². The first kappa shape index (κ1) is 25.8. The van der Waals surface area contributed by atoms with Crippen molar-refractivity contribution in [2.45, 2.75) is 27.7 Å². The zero-order chi connectivity index (χ0) is 24.6. The van der Waals surface area contributed by atoms with E-state index in [4.69, 9.17) is 4.42 Å². The van der Waals surface area contributed by atoms with Gasteiger partial charge in [-0.15, -0.1) is 0 Å². The van der Waals surface area contributed by atoms with Crippen LogP contribution in [0.1, 0.15) is 45.7 Å². The van der Waals surface area contributed by atoms with E-state index in [1.807, 2.05) is 52.0 Å². The third kappa shape index (κ3) is 4.72. The first-order chi connectivity index (χ1) is 16.2. The highest BCUT2D eigenvalue weighted by Gasteiger charge is 2.24. The number of benzene rings is 3. The first-order valence-corrected chi connectivity index (χ1v) is 11.2. The number of rotatable bonds is 6. The number of carbonyl (C=O) groups is 2. The van der Waals surface area contributed by atoms with Gasteiger partial charge in [-0.05, 0) is 69.2 Å². The van der Waals surface area contributed by atoms with Crippen LogP contribution in [0.15, 0.2) is 46.9 Å². The zero-order valence-corrected chi connectivity index (χ0v) is 20.7. The van der Waals surface area contributed by atoms with Gasteiger partial charge in [0.15, 0.2) is 0 Å². The van der Waals surface area contributed by atoms with Crippen LogP contribution in [0.5, 0.6) is 0 Å². The molecule has 0 saturated carbocycles. The number of carboxylic acids is 2. The SMILES string of the molecule is CCNc1cc2oc3cc(=[NH+]CC)c(C)cc-3c(-c3cc(C(=O)O)ccc3C(=O)O)c2cc1C.[Cl-]. The van der Waals surface area contributed by atoms with Crippen LogP contribution in [0.2, 0.25) is 0 Å². The van der Waals surface area contributed by atoms with Gasteiger partial charge in [0.05, 0.1) is 17.2 Å². The molecule has 0 aromatic heterocycles. The molecule has 1 heterocycles. The molecule has 0 bridgehead atoms. The molecule has 0 fully saturated rings. The van der Waals surface area contributed by atoms with Crippen molar-refractivity contribution in [3.63, 3.8) is 0 Å². The van der Waals surface area contributed by atoms with E-state index in [9.17, 15) is 19.8 Å². The monoisotopic (exact) mass is 494 g/mol. The average Bonchev–Trinajstić information content (AvgIpc) is 2.79. The van der Waals surface area contributed by atoms with Crippen molar-refractivity contribution in [2.75, 3.05) is 18.4 Å². The number of aromatic carboxylic acids is 2. The quantitative estimate of drug-likeness (QED) is 0.293. The molecule has 2 aliphatic rings. The van der Waals surface area contributed by atoms with Gasteiger partial charge in [0, 0.05) is 40.4 Å². The number of anilines is 1. The lowest BCUT2D eigenvalue weighted by Crippen LogP contribution is -3.00. The van der Waals surface area contributed by atoms with Crippen LogP contribution in [0.25, 0.3) is 33.4 Å². The summed E-state index contributed by atoms with van der Waals surface area (Å²) in [5.74, 6) is -1.67. The fourth-order valence-corrected chi connectivity index (χ4v) is 4.32. The van der Waals surface area contributed by atoms with E-state index in [1.54, 1.807) is 0 Å². The summed E-state index contributed by atoms with van der Waals surface area (Å²) >= 11 is 0. The van der Waals surface area contributed by atoms with Crippen molar-refractivity contribution < 1.29 is 41.6 Å². The van der Waals surface area contributed by atoms with E-state index in [0.717, 1.165) is 35.3 Å². The Labute approximate surface area is 208 Å². The predicted octanol–water partition coefficient (Wildman–Crippen LogP) is 0.655. The Balaban J connectivity index is 0.00000342. The predicted molar refractivity (Wildman–Crippen MR) is 130 cm³/mol. The Morgan fingerprint density at radius 1 is 0.943 bits per heavy atom. The second-order valence-electron chi connectivity index (χ2n) is 8.23. The molecule has 0 saturated heterocycles. The summed E-state index contributed by atoms with van der Waals surface area (Å²) in [6.07, 6.45) is 0. The van der Waals surface area contributed by atoms with Gasteiger partial charge in [-0.2, -0.15) is 0 Å². The number of nitrogens with one attached hydrogen (secondary N) is 2. The topological polar surface area (TPSA) is 114 Å². The van der Waals surface area contributed by atoms with E-state index in [-0.39, 0.29) is 23.5 Å². The van der Waals surface area contributed by atoms with Crippen molar-refractivity contribution in [3.8, 4) is 22.5 Å². The van der Waals surface area contributed by atoms with E-state index < -0.39 is 11.9 Å². The van der Waals surface area contributed by atoms with Gasteiger partial charge in [0.25, 0.3) is 0 Å². The van der Waals surface area contributed by atoms with Crippen molar-refractivity contribution >= 4 is 28.6 Å². The molecule has 7 nitrogen and oxygen atoms in total. The van der Waals surface area contributed by atoms with Crippen LogP contribution in [-0.2, 0) is 0 Å². The number of aryl methyl sites for hydroxylation is 2. The summed E-state index contributed by atoms with van der Waals surface area (Å²) in [5, 5.41) is 24.5. The highest BCUT2D eigenvalue weighted by molar-refractivity contribution is 6.09. The molecule has 1 aliphatic carbocycles. The normalized spacial score (nSPS) is 11.5. The second kappa shape index (κ2) is 10.2. The third-order valence-corrected chi connectivity index (χ3v) is 5.91. The lowest BCUT2D eigenvalue weighted by molar-refractivity contribution is -0.496. The molecule has 0 amide bonds. The van der Waals surface area contributed by atoms with Crippen LogP contribution in [0, 0.1) is 13.8 Å². The number of carboxylic acid groups (broad SMARTS) is 2. The molecule has 2 aromatic carbocycles. The zero-order valence-electron chi connectivity index (χ0n) is 20.0. The number of fused-ring (bicyclic) bond motifs is 2. The van der Waals surface area contributed by atoms with Gasteiger partial charge in [-0.25, -0.2) is 14.6 Å². The maximum Gasteiger partial charge on any atom is 0.336 e. The summed E-state index contributed by atoms with van der Waals surface area (Å²) in [6.45, 7) is 9.43. The summed E-state index contributed by atoms with van der Waals surface area (Å²) in [5.41, 5.74) is 5.17. The summed E-state index contributed by atoms with van der Waals surface area (Å²) < 4.78 is 6.33. The molecule has 1 aliphatic heterocycles. The molecule has 0 atom stereocenters. The maximum absolute atomic E-state index is 12.2. The molecule has 0 radical (unpaired) electrons. The third-order valence-electron chi connectivity index (χ3n) is 5.91. The molecule has 35 heavy (non-hydrogen) atoms. The van der Waals surface area contributed by atoms with Gasteiger partial charge in [-0.1, -0.05) is 0 Å². The van der Waals surface area contributed by atoms with Crippen molar-refractivity contribution in [3.05, 3.63) is 70.1 Å². The van der Waals surface area contributed by atoms with Crippen molar-refractivity contribution in [1.29, 1.82) is 0 Å². The van der Waals surface area contributed by atoms with Crippen LogP contribution >= 0.6 is 0 Å². The van der Waals surface area contributed by atoms with Crippen LogP contribution < -0.4 is 28.1 Å². The Hall–Kier alpha value is -3.84. The summed E-state index contributed by atoms with van der Waals surface area (Å²) in [4.78, 5) is 27.2. The van der Waals surface area contributed by atoms with E-state index in [0.29, 0.717) is 33.4 Å². The fourth-order valence-electron chi connectivity index (χ4n) is 4.32. The Morgan fingerprint density at radius 2 is 1.69 bits per heavy atom. The number of hydrogen-bond donors (Lipinski definition) is 4. The van der Waals surface area contributed by atoms with Crippen molar-refractivity contribution in [2.24, 2.45) is 0 Å².